The SMILES string of the molecule is CB1N(C)B(C)N2B(N1C)N(C)B(C)N1B2n2ccnc2-c2ccccc21. The summed E-state index contributed by atoms with van der Waals surface area (Å²) in [7, 11) is 7.01. The highest BCUT2D eigenvalue weighted by Crippen LogP contribution is 2.40. The lowest BCUT2D eigenvalue weighted by Crippen LogP contribution is -2.89. The van der Waals surface area contributed by atoms with E-state index < -0.39 is 0 Å². The van der Waals surface area contributed by atoms with E-state index in [2.05, 4.69) is 100 Å². The molecule has 0 unspecified atom stereocenters. The zero-order valence-corrected chi connectivity index (χ0v) is 17.0. The summed E-state index contributed by atoms with van der Waals surface area (Å²) in [6, 6.07) is 8.65. The van der Waals surface area contributed by atoms with Crippen molar-refractivity contribution in [3.63, 3.8) is 0 Å². The predicted octanol–water partition coefficient (Wildman–Crippen LogP) is 0.667. The number of nitrogens with zero attached hydrogens (tertiary/aromatic N) is 7. The number of aromatic nitrogens is 2. The zero-order chi connectivity index (χ0) is 19.0. The van der Waals surface area contributed by atoms with E-state index in [-0.39, 0.29) is 21.2 Å². The monoisotopic (exact) mass is 357 g/mol. The Morgan fingerprint density at radius 1 is 0.815 bits per heavy atom. The van der Waals surface area contributed by atoms with Gasteiger partial charge in [0.05, 0.1) is 0 Å². The summed E-state index contributed by atoms with van der Waals surface area (Å²) in [6.45, 7) is 7.85. The van der Waals surface area contributed by atoms with Crippen LogP contribution in [0.15, 0.2) is 36.7 Å². The lowest BCUT2D eigenvalue weighted by atomic mass is 9.38. The normalized spacial score (nSPS) is 21.4. The van der Waals surface area contributed by atoms with Gasteiger partial charge in [-0.05, 0) is 33.3 Å². The maximum Gasteiger partial charge on any atom is 0.444 e. The van der Waals surface area contributed by atoms with E-state index in [0.717, 1.165) is 5.82 Å². The largest absolute Gasteiger partial charge is 0.444 e. The Labute approximate surface area is 163 Å². The lowest BCUT2D eigenvalue weighted by molar-refractivity contribution is 0.512. The Morgan fingerprint density at radius 3 is 2.30 bits per heavy atom. The summed E-state index contributed by atoms with van der Waals surface area (Å²) in [5.41, 5.74) is 2.47. The van der Waals surface area contributed by atoms with Crippen molar-refractivity contribution in [2.45, 2.75) is 20.5 Å². The second-order valence-corrected chi connectivity index (χ2v) is 8.11. The van der Waals surface area contributed by atoms with Crippen molar-refractivity contribution in [2.24, 2.45) is 0 Å². The molecule has 1 aromatic heterocycles. The third kappa shape index (κ3) is 2.15. The molecule has 0 bridgehead atoms. The molecule has 5 rings (SSSR count). The summed E-state index contributed by atoms with van der Waals surface area (Å²) >= 11 is 0. The summed E-state index contributed by atoms with van der Waals surface area (Å²) in [6.07, 6.45) is 4.06. The molecular formula is C15H24B5N7. The summed E-state index contributed by atoms with van der Waals surface area (Å²) in [5.74, 6) is 1.05. The van der Waals surface area contributed by atoms with Crippen molar-refractivity contribution in [3.05, 3.63) is 36.7 Å². The van der Waals surface area contributed by atoms with Crippen LogP contribution in [-0.2, 0) is 0 Å². The molecule has 0 aliphatic carbocycles. The maximum absolute atomic E-state index is 4.72. The fraction of sp³-hybridized carbons (Fsp3) is 0.400. The summed E-state index contributed by atoms with van der Waals surface area (Å²) in [4.78, 5) is 4.72. The van der Waals surface area contributed by atoms with E-state index >= 15 is 0 Å². The molecule has 0 N–H and O–H groups in total. The highest BCUT2D eigenvalue weighted by molar-refractivity contribution is 7.02. The zero-order valence-electron chi connectivity index (χ0n) is 17.0. The van der Waals surface area contributed by atoms with Crippen LogP contribution in [0.3, 0.4) is 0 Å². The number of anilines is 1. The van der Waals surface area contributed by atoms with Gasteiger partial charge in [-0.25, -0.2) is 4.98 Å². The van der Waals surface area contributed by atoms with Crippen LogP contribution < -0.4 is 4.72 Å². The molecule has 2 aromatic rings. The first-order valence-electron chi connectivity index (χ1n) is 9.77. The van der Waals surface area contributed by atoms with Crippen LogP contribution in [0.5, 0.6) is 0 Å². The third-order valence-corrected chi connectivity index (χ3v) is 7.04. The molecule has 3 aliphatic rings. The highest BCUT2D eigenvalue weighted by atomic mass is 15.5. The van der Waals surface area contributed by atoms with Crippen molar-refractivity contribution < 1.29 is 0 Å². The molecule has 0 amide bonds. The van der Waals surface area contributed by atoms with Gasteiger partial charge in [-0.1, -0.05) is 32.6 Å². The molecule has 7 nitrogen and oxygen atoms in total. The van der Waals surface area contributed by atoms with E-state index in [1.165, 1.54) is 11.3 Å². The first kappa shape index (κ1) is 17.5. The second kappa shape index (κ2) is 5.94. The molecule has 4 heterocycles. The van der Waals surface area contributed by atoms with Crippen LogP contribution in [0, 0.1) is 0 Å². The number of hydrogen-bond acceptors (Lipinski definition) is 6. The minimum absolute atomic E-state index is 0.0981. The summed E-state index contributed by atoms with van der Waals surface area (Å²) < 4.78 is 14.9. The van der Waals surface area contributed by atoms with Gasteiger partial charge < -0.3 is 28.0 Å². The van der Waals surface area contributed by atoms with Gasteiger partial charge in [-0.2, -0.15) is 0 Å². The maximum atomic E-state index is 4.72. The van der Waals surface area contributed by atoms with Crippen LogP contribution in [0.1, 0.15) is 0 Å². The van der Waals surface area contributed by atoms with Gasteiger partial charge in [0.25, 0.3) is 14.0 Å². The molecule has 0 saturated carbocycles. The van der Waals surface area contributed by atoms with Crippen molar-refractivity contribution in [1.82, 2.24) is 28.3 Å². The van der Waals surface area contributed by atoms with Crippen molar-refractivity contribution >= 4 is 40.9 Å². The number of benzene rings is 1. The standard InChI is InChI=1S/C15H24B5N7/c1-16-22(4)18(3)27-19(23(16)5)24(6)17(2)26-14-10-8-7-9-13(14)15-21-11-12-25(15)20(26)27/h7-12H,1-6H3. The van der Waals surface area contributed by atoms with E-state index in [1.807, 2.05) is 6.20 Å². The molecule has 27 heavy (non-hydrogen) atoms. The molecule has 134 valence electrons. The Hall–Kier alpha value is -1.61. The minimum Gasteiger partial charge on any atom is -0.415 e. The number of hydrogen-bond donors (Lipinski definition) is 0. The first-order chi connectivity index (χ1) is 12.9. The van der Waals surface area contributed by atoms with Gasteiger partial charge in [-0.3, -0.25) is 0 Å². The molecule has 1 aromatic carbocycles. The fourth-order valence-corrected chi connectivity index (χ4v) is 5.14. The first-order valence-corrected chi connectivity index (χ1v) is 9.77. The van der Waals surface area contributed by atoms with Gasteiger partial charge in [0.15, 0.2) is 0 Å². The number of para-hydroxylation sites is 1. The van der Waals surface area contributed by atoms with Crippen molar-refractivity contribution in [3.8, 4) is 11.4 Å². The molecular weight excluding hydrogens is 332 g/mol. The van der Waals surface area contributed by atoms with Crippen molar-refractivity contribution in [2.75, 3.05) is 25.9 Å². The Morgan fingerprint density at radius 2 is 1.52 bits per heavy atom. The second-order valence-electron chi connectivity index (χ2n) is 8.11. The summed E-state index contributed by atoms with van der Waals surface area (Å²) in [5, 5.41) is 0. The predicted molar refractivity (Wildman–Crippen MR) is 117 cm³/mol. The molecule has 2 fully saturated rings. The Kier molecular flexibility index (Phi) is 3.85. The molecule has 0 spiro atoms. The number of imidazole rings is 1. The smallest absolute Gasteiger partial charge is 0.415 e. The molecule has 0 radical (unpaired) electrons. The van der Waals surface area contributed by atoms with E-state index in [4.69, 9.17) is 4.98 Å². The Balaban J connectivity index is 1.73. The van der Waals surface area contributed by atoms with Gasteiger partial charge in [0, 0.05) is 23.6 Å². The van der Waals surface area contributed by atoms with Gasteiger partial charge in [0.1, 0.15) is 5.82 Å². The Bertz CT molecular complexity index is 880. The van der Waals surface area contributed by atoms with Crippen LogP contribution in [0.2, 0.25) is 20.5 Å². The topological polar surface area (TPSA) is 34.0 Å². The van der Waals surface area contributed by atoms with Crippen molar-refractivity contribution in [1.29, 1.82) is 0 Å². The molecule has 12 heteroatoms. The number of fused-ring (bicyclic) bond motifs is 8. The minimum atomic E-state index is 0.0981. The van der Waals surface area contributed by atoms with Crippen LogP contribution in [0.25, 0.3) is 11.4 Å². The van der Waals surface area contributed by atoms with Gasteiger partial charge in [0.2, 0.25) is 0 Å². The third-order valence-electron chi connectivity index (χ3n) is 7.04. The molecule has 2 saturated heterocycles. The van der Waals surface area contributed by atoms with E-state index in [1.54, 1.807) is 0 Å². The molecule has 0 atom stereocenters. The van der Waals surface area contributed by atoms with Gasteiger partial charge >= 0.3 is 21.2 Å². The quantitative estimate of drug-likeness (QED) is 0.646. The van der Waals surface area contributed by atoms with Crippen LogP contribution in [0.4, 0.5) is 5.69 Å². The van der Waals surface area contributed by atoms with Crippen LogP contribution >= 0.6 is 0 Å². The van der Waals surface area contributed by atoms with Crippen LogP contribution in [-0.4, -0.2) is 84.6 Å². The fourth-order valence-electron chi connectivity index (χ4n) is 5.14. The van der Waals surface area contributed by atoms with E-state index in [0.29, 0.717) is 14.0 Å². The average Bonchev–Trinajstić information content (AvgIpc) is 3.16. The average molecular weight is 356 g/mol. The number of rotatable bonds is 0. The lowest BCUT2D eigenvalue weighted by Gasteiger charge is -2.62. The van der Waals surface area contributed by atoms with Gasteiger partial charge in [-0.15, -0.1) is 0 Å². The molecule has 3 aliphatic heterocycles. The van der Waals surface area contributed by atoms with E-state index in [9.17, 15) is 0 Å². The highest BCUT2D eigenvalue weighted by Gasteiger charge is 2.61.